The van der Waals surface area contributed by atoms with E-state index in [0.717, 1.165) is 5.56 Å². The maximum absolute atomic E-state index is 13.7. The number of ether oxygens (including phenoxy) is 1. The van der Waals surface area contributed by atoms with Gasteiger partial charge in [-0.15, -0.1) is 0 Å². The summed E-state index contributed by atoms with van der Waals surface area (Å²) >= 11 is 0. The molecule has 1 unspecified atom stereocenters. The highest BCUT2D eigenvalue weighted by molar-refractivity contribution is 7.91. The normalized spacial score (nSPS) is 20.6. The number of hydrogen-bond acceptors (Lipinski definition) is 4. The molecule has 6 heteroatoms. The maximum atomic E-state index is 13.7. The van der Waals surface area contributed by atoms with Crippen molar-refractivity contribution in [3.63, 3.8) is 0 Å². The molecular weight excluding hydrogens is 281 g/mol. The van der Waals surface area contributed by atoms with E-state index < -0.39 is 9.84 Å². The van der Waals surface area contributed by atoms with Crippen LogP contribution in [0.25, 0.3) is 0 Å². The average Bonchev–Trinajstić information content (AvgIpc) is 2.41. The van der Waals surface area contributed by atoms with Crippen LogP contribution in [0.3, 0.4) is 0 Å². The molecular formula is C14H20FNO3S. The molecule has 1 aromatic carbocycles. The zero-order chi connectivity index (χ0) is 14.8. The first-order valence-corrected chi connectivity index (χ1v) is 8.53. The van der Waals surface area contributed by atoms with Gasteiger partial charge in [0.05, 0.1) is 18.6 Å². The van der Waals surface area contributed by atoms with Crippen LogP contribution in [0.4, 0.5) is 4.39 Å². The standard InChI is InChI=1S/C14H20FNO3S/c1-10(11-3-4-14(19-2)13(15)9-11)16-12-5-7-20(17,18)8-6-12/h3-4,9-10,12,16H,5-8H2,1-2H3. The summed E-state index contributed by atoms with van der Waals surface area (Å²) < 4.78 is 41.3. The summed E-state index contributed by atoms with van der Waals surface area (Å²) in [5.41, 5.74) is 0.830. The van der Waals surface area contributed by atoms with Crippen LogP contribution in [0.15, 0.2) is 18.2 Å². The van der Waals surface area contributed by atoms with Crippen molar-refractivity contribution in [1.29, 1.82) is 0 Å². The zero-order valence-corrected chi connectivity index (χ0v) is 12.5. The van der Waals surface area contributed by atoms with Crippen molar-refractivity contribution in [3.8, 4) is 5.75 Å². The molecule has 1 aliphatic rings. The first-order chi connectivity index (χ1) is 9.41. The third-order valence-corrected chi connectivity index (χ3v) is 5.43. The Kier molecular flexibility index (Phi) is 4.65. The van der Waals surface area contributed by atoms with E-state index >= 15 is 0 Å². The highest BCUT2D eigenvalue weighted by Gasteiger charge is 2.24. The Morgan fingerprint density at radius 2 is 2.00 bits per heavy atom. The van der Waals surface area contributed by atoms with Crippen LogP contribution in [0.1, 0.15) is 31.4 Å². The monoisotopic (exact) mass is 301 g/mol. The third kappa shape index (κ3) is 3.70. The lowest BCUT2D eigenvalue weighted by molar-refractivity contribution is 0.384. The molecule has 0 bridgehead atoms. The summed E-state index contributed by atoms with van der Waals surface area (Å²) in [6.45, 7) is 1.95. The Labute approximate surface area is 119 Å². The van der Waals surface area contributed by atoms with Crippen molar-refractivity contribution in [2.45, 2.75) is 31.8 Å². The van der Waals surface area contributed by atoms with Gasteiger partial charge in [0.15, 0.2) is 11.6 Å². The fourth-order valence-corrected chi connectivity index (χ4v) is 3.95. The molecule has 1 saturated heterocycles. The first-order valence-electron chi connectivity index (χ1n) is 6.71. The van der Waals surface area contributed by atoms with Crippen LogP contribution in [0, 0.1) is 5.82 Å². The van der Waals surface area contributed by atoms with Crippen molar-refractivity contribution in [2.75, 3.05) is 18.6 Å². The van der Waals surface area contributed by atoms with E-state index in [1.165, 1.54) is 13.2 Å². The molecule has 0 radical (unpaired) electrons. The van der Waals surface area contributed by atoms with E-state index in [-0.39, 0.29) is 35.2 Å². The summed E-state index contributed by atoms with van der Waals surface area (Å²) in [4.78, 5) is 0. The maximum Gasteiger partial charge on any atom is 0.165 e. The molecule has 0 aromatic heterocycles. The smallest absolute Gasteiger partial charge is 0.165 e. The summed E-state index contributed by atoms with van der Waals surface area (Å²) in [5, 5.41) is 3.37. The lowest BCUT2D eigenvalue weighted by atomic mass is 10.0. The Morgan fingerprint density at radius 3 is 2.55 bits per heavy atom. The SMILES string of the molecule is COc1ccc(C(C)NC2CCS(=O)(=O)CC2)cc1F. The Morgan fingerprint density at radius 1 is 1.35 bits per heavy atom. The largest absolute Gasteiger partial charge is 0.494 e. The number of sulfone groups is 1. The molecule has 1 aromatic rings. The van der Waals surface area contributed by atoms with Gasteiger partial charge >= 0.3 is 0 Å². The minimum atomic E-state index is -2.85. The van der Waals surface area contributed by atoms with Gasteiger partial charge in [-0.2, -0.15) is 0 Å². The number of benzene rings is 1. The van der Waals surface area contributed by atoms with Gasteiger partial charge in [-0.1, -0.05) is 6.07 Å². The summed E-state index contributed by atoms with van der Waals surface area (Å²) in [5.74, 6) is 0.303. The topological polar surface area (TPSA) is 55.4 Å². The Hall–Kier alpha value is -1.14. The summed E-state index contributed by atoms with van der Waals surface area (Å²) in [6, 6.07) is 5.02. The van der Waals surface area contributed by atoms with Gasteiger partial charge in [-0.25, -0.2) is 12.8 Å². The highest BCUT2D eigenvalue weighted by atomic mass is 32.2. The highest BCUT2D eigenvalue weighted by Crippen LogP contribution is 2.23. The van der Waals surface area contributed by atoms with Gasteiger partial charge in [-0.05, 0) is 37.5 Å². The first kappa shape index (κ1) is 15.3. The van der Waals surface area contributed by atoms with E-state index in [2.05, 4.69) is 5.32 Å². The minimum Gasteiger partial charge on any atom is -0.494 e. The second kappa shape index (κ2) is 6.10. The molecule has 1 N–H and O–H groups in total. The van der Waals surface area contributed by atoms with Crippen LogP contribution in [-0.4, -0.2) is 33.1 Å². The number of rotatable bonds is 4. The summed E-state index contributed by atoms with van der Waals surface area (Å²) in [6.07, 6.45) is 1.23. The van der Waals surface area contributed by atoms with E-state index in [0.29, 0.717) is 12.8 Å². The molecule has 1 fully saturated rings. The number of hydrogen-bond donors (Lipinski definition) is 1. The molecule has 1 aliphatic heterocycles. The van der Waals surface area contributed by atoms with Crippen molar-refractivity contribution in [1.82, 2.24) is 5.32 Å². The van der Waals surface area contributed by atoms with Crippen LogP contribution >= 0.6 is 0 Å². The van der Waals surface area contributed by atoms with Crippen LogP contribution in [0.5, 0.6) is 5.75 Å². The van der Waals surface area contributed by atoms with Crippen molar-refractivity contribution in [3.05, 3.63) is 29.6 Å². The molecule has 20 heavy (non-hydrogen) atoms. The van der Waals surface area contributed by atoms with E-state index in [1.807, 2.05) is 13.0 Å². The molecule has 4 nitrogen and oxygen atoms in total. The van der Waals surface area contributed by atoms with Gasteiger partial charge in [-0.3, -0.25) is 0 Å². The van der Waals surface area contributed by atoms with Crippen LogP contribution < -0.4 is 10.1 Å². The van der Waals surface area contributed by atoms with Gasteiger partial charge < -0.3 is 10.1 Å². The second-order valence-corrected chi connectivity index (χ2v) is 7.51. The molecule has 112 valence electrons. The molecule has 2 rings (SSSR count). The van der Waals surface area contributed by atoms with Crippen molar-refractivity contribution >= 4 is 9.84 Å². The lowest BCUT2D eigenvalue weighted by Gasteiger charge is -2.27. The fourth-order valence-electron chi connectivity index (χ4n) is 2.46. The van der Waals surface area contributed by atoms with Gasteiger partial charge in [0, 0.05) is 12.1 Å². The Bertz CT molecular complexity index is 560. The number of halogens is 1. The molecule has 0 aliphatic carbocycles. The third-order valence-electron chi connectivity index (χ3n) is 3.72. The average molecular weight is 301 g/mol. The van der Waals surface area contributed by atoms with Gasteiger partial charge in [0.2, 0.25) is 0 Å². The predicted molar refractivity (Wildman–Crippen MR) is 76.2 cm³/mol. The molecule has 1 heterocycles. The zero-order valence-electron chi connectivity index (χ0n) is 11.7. The minimum absolute atomic E-state index is 0.0267. The summed E-state index contributed by atoms with van der Waals surface area (Å²) in [7, 11) is -1.42. The molecule has 0 spiro atoms. The van der Waals surface area contributed by atoms with Crippen molar-refractivity contribution in [2.24, 2.45) is 0 Å². The van der Waals surface area contributed by atoms with Gasteiger partial charge in [0.1, 0.15) is 9.84 Å². The van der Waals surface area contributed by atoms with Gasteiger partial charge in [0.25, 0.3) is 0 Å². The number of nitrogens with one attached hydrogen (secondary N) is 1. The van der Waals surface area contributed by atoms with E-state index in [4.69, 9.17) is 4.74 Å². The second-order valence-electron chi connectivity index (χ2n) is 5.21. The van der Waals surface area contributed by atoms with E-state index in [1.54, 1.807) is 6.07 Å². The Balaban J connectivity index is 1.98. The number of methoxy groups -OCH3 is 1. The van der Waals surface area contributed by atoms with Crippen LogP contribution in [-0.2, 0) is 9.84 Å². The quantitative estimate of drug-likeness (QED) is 0.925. The van der Waals surface area contributed by atoms with E-state index in [9.17, 15) is 12.8 Å². The predicted octanol–water partition coefficient (Wildman–Crippen LogP) is 2.06. The molecule has 0 saturated carbocycles. The molecule has 1 atom stereocenters. The molecule has 0 amide bonds. The van der Waals surface area contributed by atoms with Crippen LogP contribution in [0.2, 0.25) is 0 Å². The lowest BCUT2D eigenvalue weighted by Crippen LogP contribution is -2.38. The van der Waals surface area contributed by atoms with Crippen molar-refractivity contribution < 1.29 is 17.5 Å². The fraction of sp³-hybridized carbons (Fsp3) is 0.571.